The number of benzene rings is 2. The second kappa shape index (κ2) is 9.42. The molecule has 0 bridgehead atoms. The number of carbonyl (C=O) groups is 1. The molecule has 1 amide bonds. The molecule has 2 aromatic carbocycles. The number of amides is 1. The zero-order chi connectivity index (χ0) is 22.6. The molecule has 1 heterocycles. The Morgan fingerprint density at radius 1 is 1.06 bits per heavy atom. The Balaban J connectivity index is 1.69. The maximum absolute atomic E-state index is 12.9. The van der Waals surface area contributed by atoms with E-state index in [0.717, 1.165) is 27.7 Å². The Morgan fingerprint density at radius 2 is 1.68 bits per heavy atom. The first kappa shape index (κ1) is 22.7. The van der Waals surface area contributed by atoms with Gasteiger partial charge in [-0.05, 0) is 50.2 Å². The molecule has 0 atom stereocenters. The van der Waals surface area contributed by atoms with Crippen LogP contribution in [0.4, 0.5) is 30.2 Å². The van der Waals surface area contributed by atoms with Gasteiger partial charge in [-0.15, -0.1) is 10.2 Å². The quantitative estimate of drug-likeness (QED) is 0.508. The van der Waals surface area contributed by atoms with Crippen LogP contribution < -0.4 is 10.2 Å². The molecule has 0 saturated heterocycles. The fourth-order valence-corrected chi connectivity index (χ4v) is 3.78. The summed E-state index contributed by atoms with van der Waals surface area (Å²) in [6.07, 6.45) is -4.59. The van der Waals surface area contributed by atoms with Crippen molar-refractivity contribution in [1.82, 2.24) is 14.8 Å². The maximum atomic E-state index is 12.9. The lowest BCUT2D eigenvalue weighted by Gasteiger charge is -2.27. The Morgan fingerprint density at radius 3 is 2.23 bits per heavy atom. The number of halogens is 3. The fourth-order valence-electron chi connectivity index (χ4n) is 3.01. The van der Waals surface area contributed by atoms with Crippen molar-refractivity contribution < 1.29 is 18.0 Å². The van der Waals surface area contributed by atoms with Crippen LogP contribution in [0.15, 0.2) is 59.8 Å². The number of para-hydroxylation sites is 1. The highest BCUT2D eigenvalue weighted by molar-refractivity contribution is 7.99. The fraction of sp³-hybridized carbons (Fsp3) is 0.286. The third kappa shape index (κ3) is 5.57. The normalized spacial score (nSPS) is 11.6. The first-order chi connectivity index (χ1) is 14.7. The number of carbonyl (C=O) groups excluding carboxylic acids is 1. The highest BCUT2D eigenvalue weighted by Crippen LogP contribution is 2.30. The summed E-state index contributed by atoms with van der Waals surface area (Å²) in [5.74, 6) is -1.39. The van der Waals surface area contributed by atoms with Crippen molar-refractivity contribution in [2.75, 3.05) is 16.0 Å². The Hall–Kier alpha value is -3.01. The number of nitrogens with zero attached hydrogens (tertiary/aromatic N) is 4. The first-order valence-electron chi connectivity index (χ1n) is 9.50. The van der Waals surface area contributed by atoms with Crippen molar-refractivity contribution in [1.29, 1.82) is 0 Å². The molecule has 10 heteroatoms. The first-order valence-corrected chi connectivity index (χ1v) is 10.5. The molecule has 0 fully saturated rings. The van der Waals surface area contributed by atoms with Crippen molar-refractivity contribution in [2.24, 2.45) is 7.05 Å². The zero-order valence-corrected chi connectivity index (χ0v) is 18.0. The van der Waals surface area contributed by atoms with Gasteiger partial charge in [-0.25, -0.2) is 0 Å². The second-order valence-corrected chi connectivity index (χ2v) is 7.99. The summed E-state index contributed by atoms with van der Waals surface area (Å²) in [6, 6.07) is 17.0. The van der Waals surface area contributed by atoms with Crippen LogP contribution in [0, 0.1) is 0 Å². The van der Waals surface area contributed by atoms with Crippen LogP contribution in [0.2, 0.25) is 0 Å². The second-order valence-electron chi connectivity index (χ2n) is 7.05. The number of rotatable bonds is 7. The average Bonchev–Trinajstić information content (AvgIpc) is 3.09. The number of hydrogen-bond donors (Lipinski definition) is 1. The number of anilines is 3. The van der Waals surface area contributed by atoms with Crippen LogP contribution in [0.3, 0.4) is 0 Å². The Kier molecular flexibility index (Phi) is 6.89. The monoisotopic (exact) mass is 449 g/mol. The van der Waals surface area contributed by atoms with E-state index in [-0.39, 0.29) is 22.9 Å². The van der Waals surface area contributed by atoms with Gasteiger partial charge in [-0.1, -0.05) is 30.0 Å². The van der Waals surface area contributed by atoms with Gasteiger partial charge in [0.1, 0.15) is 0 Å². The Labute approximate surface area is 182 Å². The lowest BCUT2D eigenvalue weighted by molar-refractivity contribution is -0.147. The van der Waals surface area contributed by atoms with Crippen LogP contribution in [0.5, 0.6) is 0 Å². The summed E-state index contributed by atoms with van der Waals surface area (Å²) in [6.45, 7) is 3.76. The van der Waals surface area contributed by atoms with Gasteiger partial charge < -0.3 is 14.8 Å². The minimum absolute atomic E-state index is 0.0341. The highest BCUT2D eigenvalue weighted by atomic mass is 32.2. The third-order valence-corrected chi connectivity index (χ3v) is 5.41. The average molecular weight is 450 g/mol. The number of aromatic nitrogens is 3. The summed E-state index contributed by atoms with van der Waals surface area (Å²) in [5, 5.41) is 10.1. The van der Waals surface area contributed by atoms with E-state index in [4.69, 9.17) is 0 Å². The molecule has 6 nitrogen and oxygen atoms in total. The van der Waals surface area contributed by atoms with Gasteiger partial charge in [0.25, 0.3) is 0 Å². The number of nitrogens with one attached hydrogen (secondary N) is 1. The largest absolute Gasteiger partial charge is 0.451 e. The molecular formula is C21H22F3N5OS. The molecule has 0 spiro atoms. The predicted octanol–water partition coefficient (Wildman–Crippen LogP) is 5.11. The third-order valence-electron chi connectivity index (χ3n) is 4.41. The smallest absolute Gasteiger partial charge is 0.356 e. The van der Waals surface area contributed by atoms with Crippen molar-refractivity contribution in [2.45, 2.75) is 31.2 Å². The molecule has 0 unspecified atom stereocenters. The molecule has 1 aromatic heterocycles. The van der Waals surface area contributed by atoms with Gasteiger partial charge in [0, 0.05) is 30.2 Å². The van der Waals surface area contributed by atoms with Gasteiger partial charge >= 0.3 is 6.18 Å². The van der Waals surface area contributed by atoms with E-state index in [0.29, 0.717) is 5.69 Å². The van der Waals surface area contributed by atoms with Gasteiger partial charge in [0.05, 0.1) is 5.75 Å². The highest BCUT2D eigenvalue weighted by Gasteiger charge is 2.37. The van der Waals surface area contributed by atoms with Crippen molar-refractivity contribution in [3.05, 3.63) is 60.4 Å². The lowest BCUT2D eigenvalue weighted by atomic mass is 10.2. The minimum atomic E-state index is -4.59. The molecule has 3 aromatic rings. The molecule has 3 rings (SSSR count). The number of hydrogen-bond acceptors (Lipinski definition) is 5. The standard InChI is InChI=1S/C21H22F3N5OS/c1-14(2)29(17-11-9-16(10-12-17)25-15-7-5-4-6-8-15)18(30)13-31-20-27-26-19(28(20)3)21(22,23)24/h4-12,14,25H,13H2,1-3H3. The molecular weight excluding hydrogens is 427 g/mol. The van der Waals surface area contributed by atoms with E-state index in [2.05, 4.69) is 15.5 Å². The summed E-state index contributed by atoms with van der Waals surface area (Å²) in [4.78, 5) is 14.5. The molecule has 0 radical (unpaired) electrons. The van der Waals surface area contributed by atoms with Gasteiger partial charge in [-0.2, -0.15) is 13.2 Å². The predicted molar refractivity (Wildman–Crippen MR) is 116 cm³/mol. The zero-order valence-electron chi connectivity index (χ0n) is 17.2. The van der Waals surface area contributed by atoms with Crippen LogP contribution in [0.25, 0.3) is 0 Å². The van der Waals surface area contributed by atoms with E-state index in [1.165, 1.54) is 7.05 Å². The lowest BCUT2D eigenvalue weighted by Crippen LogP contribution is -2.38. The van der Waals surface area contributed by atoms with E-state index in [1.807, 2.05) is 68.4 Å². The molecule has 0 aliphatic rings. The molecule has 0 saturated carbocycles. The SMILES string of the molecule is CC(C)N(C(=O)CSc1nnc(C(F)(F)F)n1C)c1ccc(Nc2ccccc2)cc1. The summed E-state index contributed by atoms with van der Waals surface area (Å²) >= 11 is 0.923. The van der Waals surface area contributed by atoms with E-state index in [9.17, 15) is 18.0 Å². The van der Waals surface area contributed by atoms with Crippen LogP contribution >= 0.6 is 11.8 Å². The maximum Gasteiger partial charge on any atom is 0.451 e. The van der Waals surface area contributed by atoms with Crippen molar-refractivity contribution >= 4 is 34.7 Å². The van der Waals surface area contributed by atoms with E-state index < -0.39 is 12.0 Å². The van der Waals surface area contributed by atoms with Crippen molar-refractivity contribution in [3.63, 3.8) is 0 Å². The molecule has 1 N–H and O–H groups in total. The molecule has 0 aliphatic carbocycles. The number of thioether (sulfide) groups is 1. The number of alkyl halides is 3. The van der Waals surface area contributed by atoms with Gasteiger partial charge in [0.2, 0.25) is 11.7 Å². The van der Waals surface area contributed by atoms with Gasteiger partial charge in [-0.3, -0.25) is 4.79 Å². The van der Waals surface area contributed by atoms with E-state index >= 15 is 0 Å². The molecule has 31 heavy (non-hydrogen) atoms. The summed E-state index contributed by atoms with van der Waals surface area (Å²) < 4.78 is 39.5. The Bertz CT molecular complexity index is 1020. The van der Waals surface area contributed by atoms with Gasteiger partial charge in [0.15, 0.2) is 5.16 Å². The molecule has 0 aliphatic heterocycles. The molecule has 164 valence electrons. The van der Waals surface area contributed by atoms with Crippen LogP contribution in [0.1, 0.15) is 19.7 Å². The topological polar surface area (TPSA) is 63.1 Å². The van der Waals surface area contributed by atoms with E-state index in [1.54, 1.807) is 4.90 Å². The van der Waals surface area contributed by atoms with Crippen molar-refractivity contribution in [3.8, 4) is 0 Å². The summed E-state index contributed by atoms with van der Waals surface area (Å²) in [5.41, 5.74) is 2.53. The van der Waals surface area contributed by atoms with Crippen LogP contribution in [-0.2, 0) is 18.0 Å². The summed E-state index contributed by atoms with van der Waals surface area (Å²) in [7, 11) is 1.23. The van der Waals surface area contributed by atoms with Crippen LogP contribution in [-0.4, -0.2) is 32.5 Å². The minimum Gasteiger partial charge on any atom is -0.356 e.